The minimum absolute atomic E-state index is 0. The first-order valence-corrected chi connectivity index (χ1v) is 40.4. The second-order valence-electron chi connectivity index (χ2n) is 16.0. The SMILES string of the molecule is C[SiH](C)[N-][SiH](C)C.C[SiH](C)[N-][SiH](C)C.C[Si](C)(C)N=P(C=P([N-][Si](C)(C)C)(c1ccccc1)c1ccccc1)(c1ccccc1)c1ccccc1.[La+3]. The molecule has 0 N–H and O–H groups in total. The van der Waals surface area contributed by atoms with E-state index in [0.717, 1.165) is 0 Å². The van der Waals surface area contributed by atoms with E-state index in [-0.39, 0.29) is 35.6 Å². The van der Waals surface area contributed by atoms with Crippen LogP contribution < -0.4 is 21.2 Å². The second-order valence-corrected chi connectivity index (χ2v) is 43.2. The Kier molecular flexibility index (Phi) is 22.8. The zero-order valence-electron chi connectivity index (χ0n) is 34.7. The molecule has 0 bridgehead atoms. The molecule has 0 aliphatic carbocycles. The summed E-state index contributed by atoms with van der Waals surface area (Å²) in [6.45, 7) is 32.3. The molecule has 0 saturated carbocycles. The molecule has 4 rings (SSSR count). The Morgan fingerprint density at radius 1 is 0.462 bits per heavy atom. The predicted molar refractivity (Wildman–Crippen MR) is 259 cm³/mol. The van der Waals surface area contributed by atoms with Crippen molar-refractivity contribution in [3.63, 3.8) is 0 Å². The molecule has 4 aromatic carbocycles. The number of hydrogen-bond acceptors (Lipinski definition) is 1. The largest absolute Gasteiger partial charge is 3.00 e. The van der Waals surface area contributed by atoms with Crippen LogP contribution in [-0.4, -0.2) is 57.8 Å². The fourth-order valence-corrected chi connectivity index (χ4v) is 33.3. The van der Waals surface area contributed by atoms with E-state index < -0.39 is 66.4 Å². The van der Waals surface area contributed by atoms with Crippen molar-refractivity contribution in [3.8, 4) is 0 Å². The first-order chi connectivity index (χ1) is 23.8. The standard InChI is InChI=1S/C31H39N2P2Si2.2C4H14NSi2.La/c1-36(2,3)32-34(28-19-11-7-12-20-28,29-21-13-8-14-22-29)27-35(33-37(4,5)6,30-23-15-9-16-24-30)31-25-17-10-18-26-31;2*1-6(2)5-7(3)4;/h7-27H,1-6H3;2*6-7H,1-4H3;/q3*-1;+3. The van der Waals surface area contributed by atoms with Crippen LogP contribution in [0, 0.1) is 35.6 Å². The maximum Gasteiger partial charge on any atom is 3.00 e. The molecule has 0 atom stereocenters. The van der Waals surface area contributed by atoms with E-state index in [2.05, 4.69) is 228 Å². The monoisotopic (exact) mass is 960 g/mol. The Morgan fingerprint density at radius 2 is 0.731 bits per heavy atom. The molecule has 280 valence electrons. The smallest absolute Gasteiger partial charge is 0.672 e. The van der Waals surface area contributed by atoms with Crippen molar-refractivity contribution < 1.29 is 35.6 Å². The Bertz CT molecular complexity index is 1550. The molecule has 0 heterocycles. The molecule has 0 spiro atoms. The van der Waals surface area contributed by atoms with E-state index >= 15 is 0 Å². The normalized spacial score (nSPS) is 12.0. The Labute approximate surface area is 356 Å². The first kappa shape index (κ1) is 49.8. The third-order valence-electron chi connectivity index (χ3n) is 7.04. The van der Waals surface area contributed by atoms with E-state index in [1.165, 1.54) is 21.2 Å². The van der Waals surface area contributed by atoms with Crippen LogP contribution in [0.4, 0.5) is 0 Å². The fourth-order valence-electron chi connectivity index (χ4n) is 5.85. The maximum atomic E-state index is 5.92. The molecule has 0 saturated heterocycles. The summed E-state index contributed by atoms with van der Waals surface area (Å²) in [7, 11) is -10.6. The van der Waals surface area contributed by atoms with Crippen molar-refractivity contribution >= 4 is 93.2 Å². The van der Waals surface area contributed by atoms with Gasteiger partial charge < -0.3 is 18.5 Å². The summed E-state index contributed by atoms with van der Waals surface area (Å²) >= 11 is 0. The average Bonchev–Trinajstić information content (AvgIpc) is 3.04. The first-order valence-electron chi connectivity index (χ1n) is 18.6. The molecule has 0 amide bonds. The summed E-state index contributed by atoms with van der Waals surface area (Å²) in [6.07, 6.45) is 0. The van der Waals surface area contributed by atoms with Gasteiger partial charge in [-0.1, -0.05) is 263 Å². The molecule has 13 heteroatoms. The van der Waals surface area contributed by atoms with Gasteiger partial charge in [-0.3, -0.25) is 0 Å². The minimum atomic E-state index is -2.32. The van der Waals surface area contributed by atoms with Crippen LogP contribution in [0.3, 0.4) is 0 Å². The summed E-state index contributed by atoms with van der Waals surface area (Å²) in [6, 6.07) is 44.1. The second kappa shape index (κ2) is 23.8. The molecule has 0 unspecified atom stereocenters. The van der Waals surface area contributed by atoms with Crippen LogP contribution in [0.15, 0.2) is 126 Å². The van der Waals surface area contributed by atoms with Crippen LogP contribution >= 0.6 is 14.1 Å². The molecule has 4 aromatic rings. The van der Waals surface area contributed by atoms with Gasteiger partial charge in [0.15, 0.2) is 8.24 Å². The van der Waals surface area contributed by atoms with Crippen LogP contribution in [-0.2, 0) is 0 Å². The van der Waals surface area contributed by atoms with Gasteiger partial charge in [0.25, 0.3) is 0 Å². The van der Waals surface area contributed by atoms with Gasteiger partial charge in [-0.2, -0.15) is 0 Å². The van der Waals surface area contributed by atoms with E-state index in [9.17, 15) is 0 Å². The molecule has 0 fully saturated rings. The summed E-state index contributed by atoms with van der Waals surface area (Å²) in [5.74, 6) is 0. The van der Waals surface area contributed by atoms with Crippen LogP contribution in [0.5, 0.6) is 0 Å². The van der Waals surface area contributed by atoms with Crippen LogP contribution in [0.2, 0.25) is 91.7 Å². The molecular weight excluding hydrogens is 894 g/mol. The van der Waals surface area contributed by atoms with Crippen molar-refractivity contribution in [1.82, 2.24) is 0 Å². The third-order valence-corrected chi connectivity index (χ3v) is 30.9. The van der Waals surface area contributed by atoms with Gasteiger partial charge in [0.1, 0.15) is 0 Å². The van der Waals surface area contributed by atoms with Gasteiger partial charge in [0, 0.05) is 7.05 Å². The van der Waals surface area contributed by atoms with E-state index in [0.29, 0.717) is 0 Å². The predicted octanol–water partition coefficient (Wildman–Crippen LogP) is 10.9. The Morgan fingerprint density at radius 3 is 0.942 bits per heavy atom. The van der Waals surface area contributed by atoms with Crippen molar-refractivity contribution in [2.45, 2.75) is 91.7 Å². The summed E-state index contributed by atoms with van der Waals surface area (Å²) in [4.78, 5) is 0. The van der Waals surface area contributed by atoms with Crippen LogP contribution in [0.1, 0.15) is 0 Å². The maximum absolute atomic E-state index is 5.92. The summed E-state index contributed by atoms with van der Waals surface area (Å²) in [5.41, 5.74) is 2.69. The number of nitrogens with zero attached hydrogens (tertiary/aromatic N) is 4. The number of hydrogen-bond donors (Lipinski definition) is 0. The van der Waals surface area contributed by atoms with E-state index in [4.69, 9.17) is 9.16 Å². The van der Waals surface area contributed by atoms with Crippen molar-refractivity contribution in [2.24, 2.45) is 4.41 Å². The van der Waals surface area contributed by atoms with Gasteiger partial charge in [0.2, 0.25) is 0 Å². The topological polar surface area (TPSA) is 54.7 Å². The quantitative estimate of drug-likeness (QED) is 0.100. The third kappa shape index (κ3) is 17.7. The molecule has 0 aromatic heterocycles. The van der Waals surface area contributed by atoms with Gasteiger partial charge in [0.05, 0.1) is 0 Å². The molecule has 52 heavy (non-hydrogen) atoms. The molecular formula is C39H67LaN4P2Si6. The summed E-state index contributed by atoms with van der Waals surface area (Å²) in [5, 5.41) is 5.24. The molecule has 4 nitrogen and oxygen atoms in total. The number of benzene rings is 4. The summed E-state index contributed by atoms with van der Waals surface area (Å²) < 4.78 is 21.0. The van der Waals surface area contributed by atoms with Gasteiger partial charge in [-0.15, -0.1) is 7.04 Å². The number of rotatable bonds is 12. The van der Waals surface area contributed by atoms with Gasteiger partial charge >= 0.3 is 35.6 Å². The van der Waals surface area contributed by atoms with Crippen molar-refractivity contribution in [1.29, 1.82) is 0 Å². The Balaban J connectivity index is 0.000000763. The van der Waals surface area contributed by atoms with Crippen molar-refractivity contribution in [2.75, 3.05) is 0 Å². The molecule has 0 radical (unpaired) electrons. The Hall–Kier alpha value is -0.214. The van der Waals surface area contributed by atoms with Gasteiger partial charge in [-0.05, 0) is 21.2 Å². The average molecular weight is 961 g/mol. The zero-order valence-corrected chi connectivity index (χ0v) is 46.7. The van der Waals surface area contributed by atoms with Crippen LogP contribution in [0.25, 0.3) is 14.0 Å². The zero-order chi connectivity index (χ0) is 38.3. The minimum Gasteiger partial charge on any atom is -0.672 e. The molecule has 0 aliphatic rings. The fraction of sp³-hybridized carbons (Fsp3) is 0.359. The van der Waals surface area contributed by atoms with E-state index in [1.807, 2.05) is 0 Å². The van der Waals surface area contributed by atoms with Gasteiger partial charge in [-0.25, -0.2) is 0 Å². The molecule has 0 aliphatic heterocycles. The van der Waals surface area contributed by atoms with E-state index in [1.54, 1.807) is 0 Å². The van der Waals surface area contributed by atoms with Crippen molar-refractivity contribution in [3.05, 3.63) is 135 Å².